The molecule has 0 spiro atoms. The summed E-state index contributed by atoms with van der Waals surface area (Å²) < 4.78 is 1.45. The number of amides is 4. The Bertz CT molecular complexity index is 815. The van der Waals surface area contributed by atoms with Crippen molar-refractivity contribution < 1.29 is 14.4 Å². The third kappa shape index (κ3) is 2.90. The average Bonchev–Trinajstić information content (AvgIpc) is 3.10. The topological polar surface area (TPSA) is 105 Å². The van der Waals surface area contributed by atoms with Crippen LogP contribution in [-0.2, 0) is 29.7 Å². The first-order chi connectivity index (χ1) is 11.8. The highest BCUT2D eigenvalue weighted by Crippen LogP contribution is 2.20. The van der Waals surface area contributed by atoms with Gasteiger partial charge in [-0.15, -0.1) is 0 Å². The van der Waals surface area contributed by atoms with Gasteiger partial charge in [-0.1, -0.05) is 6.92 Å². The smallest absolute Gasteiger partial charge is 0.324 e. The molecule has 1 N–H and O–H groups in total. The third-order valence-corrected chi connectivity index (χ3v) is 4.67. The SMILES string of the molecule is CCCN1C(=O)N[C@@H](CC(=O)N2Cc3nc(C)n(C)c(=O)c3C2)C1=O. The molecule has 25 heavy (non-hydrogen) atoms. The number of carbonyl (C=O) groups excluding carboxylic acids is 3. The molecule has 1 aromatic heterocycles. The Hall–Kier alpha value is -2.71. The molecule has 0 bridgehead atoms. The van der Waals surface area contributed by atoms with E-state index in [-0.39, 0.29) is 36.9 Å². The van der Waals surface area contributed by atoms with Crippen LogP contribution in [-0.4, -0.2) is 49.8 Å². The van der Waals surface area contributed by atoms with Crippen molar-refractivity contribution in [2.45, 2.75) is 45.8 Å². The van der Waals surface area contributed by atoms with Gasteiger partial charge < -0.3 is 10.2 Å². The highest BCUT2D eigenvalue weighted by molar-refractivity contribution is 6.05. The molecule has 3 heterocycles. The number of carbonyl (C=O) groups is 3. The van der Waals surface area contributed by atoms with Crippen molar-refractivity contribution in [3.8, 4) is 0 Å². The quantitative estimate of drug-likeness (QED) is 0.750. The molecule has 0 saturated carbocycles. The summed E-state index contributed by atoms with van der Waals surface area (Å²) in [7, 11) is 1.64. The Morgan fingerprint density at radius 1 is 1.28 bits per heavy atom. The fourth-order valence-electron chi connectivity index (χ4n) is 3.16. The Morgan fingerprint density at radius 2 is 2.00 bits per heavy atom. The first-order valence-corrected chi connectivity index (χ1v) is 8.28. The minimum atomic E-state index is -0.840. The standard InChI is InChI=1S/C16H21N5O4/c1-4-5-21-15(24)11(18-16(21)25)6-13(22)20-7-10-12(8-20)17-9(2)19(3)14(10)23/h11H,4-8H2,1-3H3,(H,18,25)/t11-/m0/s1. The number of aromatic nitrogens is 2. The van der Waals surface area contributed by atoms with Gasteiger partial charge in [0.1, 0.15) is 11.9 Å². The van der Waals surface area contributed by atoms with E-state index < -0.39 is 12.1 Å². The molecule has 0 aliphatic carbocycles. The summed E-state index contributed by atoms with van der Waals surface area (Å²) in [5.74, 6) is -0.0667. The first kappa shape index (κ1) is 17.1. The zero-order valence-electron chi connectivity index (χ0n) is 14.5. The lowest BCUT2D eigenvalue weighted by Crippen LogP contribution is -2.37. The minimum absolute atomic E-state index is 0.113. The van der Waals surface area contributed by atoms with Crippen LogP contribution >= 0.6 is 0 Å². The van der Waals surface area contributed by atoms with Gasteiger partial charge in [0.25, 0.3) is 11.5 Å². The molecule has 1 aromatic rings. The summed E-state index contributed by atoms with van der Waals surface area (Å²) in [6.45, 7) is 4.38. The Kier molecular flexibility index (Phi) is 4.32. The zero-order valence-corrected chi connectivity index (χ0v) is 14.5. The Labute approximate surface area is 144 Å². The number of nitrogens with one attached hydrogen (secondary N) is 1. The van der Waals surface area contributed by atoms with Gasteiger partial charge >= 0.3 is 6.03 Å². The summed E-state index contributed by atoms with van der Waals surface area (Å²) in [5.41, 5.74) is 0.955. The van der Waals surface area contributed by atoms with Crippen molar-refractivity contribution in [1.82, 2.24) is 24.7 Å². The van der Waals surface area contributed by atoms with E-state index in [0.29, 0.717) is 30.0 Å². The molecular formula is C16H21N5O4. The maximum atomic E-state index is 12.5. The van der Waals surface area contributed by atoms with Crippen molar-refractivity contribution in [2.24, 2.45) is 7.05 Å². The van der Waals surface area contributed by atoms with Gasteiger partial charge in [-0.2, -0.15) is 0 Å². The second kappa shape index (κ2) is 6.30. The molecule has 1 atom stereocenters. The molecule has 0 unspecified atom stereocenters. The summed E-state index contributed by atoms with van der Waals surface area (Å²) in [5, 5.41) is 2.55. The normalized spacial score (nSPS) is 19.4. The largest absolute Gasteiger partial charge is 0.332 e. The van der Waals surface area contributed by atoms with E-state index >= 15 is 0 Å². The molecule has 4 amide bonds. The second-order valence-electron chi connectivity index (χ2n) is 6.39. The molecule has 0 radical (unpaired) electrons. The summed E-state index contributed by atoms with van der Waals surface area (Å²) >= 11 is 0. The Morgan fingerprint density at radius 3 is 2.68 bits per heavy atom. The van der Waals surface area contributed by atoms with Crippen LogP contribution in [0.4, 0.5) is 4.79 Å². The van der Waals surface area contributed by atoms with Gasteiger partial charge in [-0.05, 0) is 13.3 Å². The van der Waals surface area contributed by atoms with Crippen molar-refractivity contribution in [2.75, 3.05) is 6.54 Å². The van der Waals surface area contributed by atoms with Crippen molar-refractivity contribution in [1.29, 1.82) is 0 Å². The number of urea groups is 1. The van der Waals surface area contributed by atoms with Gasteiger partial charge in [0.05, 0.1) is 30.8 Å². The fraction of sp³-hybridized carbons (Fsp3) is 0.562. The van der Waals surface area contributed by atoms with Gasteiger partial charge in [0.15, 0.2) is 0 Å². The van der Waals surface area contributed by atoms with E-state index in [2.05, 4.69) is 10.3 Å². The number of fused-ring (bicyclic) bond motifs is 1. The monoisotopic (exact) mass is 347 g/mol. The van der Waals surface area contributed by atoms with Gasteiger partial charge in [0, 0.05) is 13.6 Å². The number of hydrogen-bond acceptors (Lipinski definition) is 5. The van der Waals surface area contributed by atoms with Crippen molar-refractivity contribution in [3.63, 3.8) is 0 Å². The molecule has 1 fully saturated rings. The predicted molar refractivity (Wildman–Crippen MR) is 87.4 cm³/mol. The van der Waals surface area contributed by atoms with Gasteiger partial charge in [0.2, 0.25) is 5.91 Å². The van der Waals surface area contributed by atoms with Crippen LogP contribution in [0.2, 0.25) is 0 Å². The van der Waals surface area contributed by atoms with E-state index in [4.69, 9.17) is 0 Å². The van der Waals surface area contributed by atoms with Gasteiger partial charge in [-0.3, -0.25) is 23.9 Å². The second-order valence-corrected chi connectivity index (χ2v) is 6.39. The lowest BCUT2D eigenvalue weighted by atomic mass is 10.2. The van der Waals surface area contributed by atoms with Crippen LogP contribution in [0.15, 0.2) is 4.79 Å². The molecule has 3 rings (SSSR count). The van der Waals surface area contributed by atoms with Crippen molar-refractivity contribution >= 4 is 17.8 Å². The number of rotatable bonds is 4. The third-order valence-electron chi connectivity index (χ3n) is 4.67. The van der Waals surface area contributed by atoms with Crippen LogP contribution in [0.3, 0.4) is 0 Å². The minimum Gasteiger partial charge on any atom is -0.332 e. The lowest BCUT2D eigenvalue weighted by Gasteiger charge is -2.17. The number of nitrogens with zero attached hydrogens (tertiary/aromatic N) is 4. The maximum Gasteiger partial charge on any atom is 0.324 e. The van der Waals surface area contributed by atoms with Crippen LogP contribution in [0.5, 0.6) is 0 Å². The first-order valence-electron chi connectivity index (χ1n) is 8.28. The summed E-state index contributed by atoms with van der Waals surface area (Å²) in [4.78, 5) is 55.8. The van der Waals surface area contributed by atoms with Crippen molar-refractivity contribution in [3.05, 3.63) is 27.4 Å². The molecule has 1 saturated heterocycles. The summed E-state index contributed by atoms with van der Waals surface area (Å²) in [6, 6.07) is -1.30. The van der Waals surface area contributed by atoms with E-state index in [0.717, 1.165) is 4.90 Å². The van der Waals surface area contributed by atoms with E-state index in [1.807, 2.05) is 6.92 Å². The van der Waals surface area contributed by atoms with E-state index in [1.54, 1.807) is 14.0 Å². The van der Waals surface area contributed by atoms with Gasteiger partial charge in [-0.25, -0.2) is 9.78 Å². The van der Waals surface area contributed by atoms with Crippen LogP contribution in [0, 0.1) is 6.92 Å². The summed E-state index contributed by atoms with van der Waals surface area (Å²) in [6.07, 6.45) is 0.549. The molecule has 134 valence electrons. The van der Waals surface area contributed by atoms with Crippen LogP contribution in [0.1, 0.15) is 36.8 Å². The molecule has 9 heteroatoms. The number of imide groups is 1. The molecule has 0 aromatic carbocycles. The lowest BCUT2D eigenvalue weighted by molar-refractivity contribution is -0.136. The maximum absolute atomic E-state index is 12.5. The predicted octanol–water partition coefficient (Wildman–Crippen LogP) is -0.349. The molecule has 9 nitrogen and oxygen atoms in total. The highest BCUT2D eigenvalue weighted by Gasteiger charge is 2.40. The Balaban J connectivity index is 1.70. The highest BCUT2D eigenvalue weighted by atomic mass is 16.2. The number of aryl methyl sites for hydroxylation is 1. The molecule has 2 aliphatic heterocycles. The molecular weight excluding hydrogens is 326 g/mol. The zero-order chi connectivity index (χ0) is 18.3. The van der Waals surface area contributed by atoms with Crippen LogP contribution in [0.25, 0.3) is 0 Å². The van der Waals surface area contributed by atoms with E-state index in [9.17, 15) is 19.2 Å². The van der Waals surface area contributed by atoms with E-state index in [1.165, 1.54) is 9.47 Å². The number of hydrogen-bond donors (Lipinski definition) is 1. The molecule has 2 aliphatic rings. The fourth-order valence-corrected chi connectivity index (χ4v) is 3.16. The van der Waals surface area contributed by atoms with Crippen LogP contribution < -0.4 is 10.9 Å². The average molecular weight is 347 g/mol.